The van der Waals surface area contributed by atoms with E-state index in [1.54, 1.807) is 6.20 Å². The highest BCUT2D eigenvalue weighted by atomic mass is 16.6. The Bertz CT molecular complexity index is 686. The first-order valence-corrected chi connectivity index (χ1v) is 9.30. The molecule has 2 unspecified atom stereocenters. The Morgan fingerprint density at radius 2 is 2.12 bits per heavy atom. The van der Waals surface area contributed by atoms with Crippen LogP contribution in [0.1, 0.15) is 40.2 Å². The van der Waals surface area contributed by atoms with E-state index in [1.165, 1.54) is 0 Å². The standard InChI is InChI=1S/C19H30N4O3/c1-11-9-23(16-13-6-7-25-17(13)21-8-14(16)20)10-15(12(11)2)22-18(24)26-19(3,4)5/h8,11-12,15H,6-7,9-10,20H2,1-5H3,(H,22,24)/t11?,12?,15-/m1/s1. The van der Waals surface area contributed by atoms with Gasteiger partial charge in [-0.1, -0.05) is 13.8 Å². The lowest BCUT2D eigenvalue weighted by Gasteiger charge is -2.43. The summed E-state index contributed by atoms with van der Waals surface area (Å²) < 4.78 is 11.0. The molecule has 144 valence electrons. The number of piperidine rings is 1. The molecule has 7 heteroatoms. The molecule has 1 aromatic rings. The summed E-state index contributed by atoms with van der Waals surface area (Å²) in [5.41, 5.74) is 8.48. The van der Waals surface area contributed by atoms with Crippen molar-refractivity contribution >= 4 is 17.5 Å². The summed E-state index contributed by atoms with van der Waals surface area (Å²) in [6.45, 7) is 12.2. The number of nitrogens with two attached hydrogens (primary N) is 1. The van der Waals surface area contributed by atoms with Gasteiger partial charge >= 0.3 is 6.09 Å². The summed E-state index contributed by atoms with van der Waals surface area (Å²) in [6, 6.07) is -0.0147. The molecule has 1 fully saturated rings. The monoisotopic (exact) mass is 362 g/mol. The molecule has 0 saturated carbocycles. The van der Waals surface area contributed by atoms with Crippen LogP contribution in [0.5, 0.6) is 5.88 Å². The molecule has 7 nitrogen and oxygen atoms in total. The number of hydrogen-bond donors (Lipinski definition) is 2. The second kappa shape index (κ2) is 6.85. The highest BCUT2D eigenvalue weighted by Crippen LogP contribution is 2.39. The van der Waals surface area contributed by atoms with Gasteiger partial charge in [-0.05, 0) is 32.6 Å². The van der Waals surface area contributed by atoms with E-state index in [-0.39, 0.29) is 12.1 Å². The number of carbonyl (C=O) groups is 1. The number of aromatic nitrogens is 1. The third kappa shape index (κ3) is 3.81. The molecule has 3 N–H and O–H groups in total. The number of rotatable bonds is 2. The van der Waals surface area contributed by atoms with Gasteiger partial charge in [-0.15, -0.1) is 0 Å². The van der Waals surface area contributed by atoms with Crippen molar-refractivity contribution in [2.75, 3.05) is 30.3 Å². The van der Waals surface area contributed by atoms with Crippen molar-refractivity contribution in [1.29, 1.82) is 0 Å². The zero-order valence-corrected chi connectivity index (χ0v) is 16.3. The highest BCUT2D eigenvalue weighted by molar-refractivity contribution is 5.74. The van der Waals surface area contributed by atoms with Crippen molar-refractivity contribution in [2.45, 2.75) is 52.7 Å². The lowest BCUT2D eigenvalue weighted by molar-refractivity contribution is 0.0472. The molecular formula is C19H30N4O3. The SMILES string of the molecule is CC1CN(c2c(N)cnc3c2CCO3)C[C@@H](NC(=O)OC(C)(C)C)C1C. The molecule has 0 radical (unpaired) electrons. The number of nitrogens with one attached hydrogen (secondary N) is 1. The Morgan fingerprint density at radius 1 is 1.38 bits per heavy atom. The number of carbonyl (C=O) groups excluding carboxylic acids is 1. The van der Waals surface area contributed by atoms with Crippen LogP contribution in [0.15, 0.2) is 6.20 Å². The number of fused-ring (bicyclic) bond motifs is 1. The van der Waals surface area contributed by atoms with Crippen LogP contribution < -0.4 is 20.7 Å². The fourth-order valence-corrected chi connectivity index (χ4v) is 3.72. The second-order valence-corrected chi connectivity index (χ2v) is 8.44. The maximum atomic E-state index is 12.3. The summed E-state index contributed by atoms with van der Waals surface area (Å²) in [4.78, 5) is 18.8. The zero-order chi connectivity index (χ0) is 19.1. The fourth-order valence-electron chi connectivity index (χ4n) is 3.72. The minimum Gasteiger partial charge on any atom is -0.477 e. The molecule has 1 saturated heterocycles. The van der Waals surface area contributed by atoms with Gasteiger partial charge in [-0.3, -0.25) is 0 Å². The van der Waals surface area contributed by atoms with E-state index in [9.17, 15) is 4.79 Å². The number of hydrogen-bond acceptors (Lipinski definition) is 6. The van der Waals surface area contributed by atoms with Crippen molar-refractivity contribution in [3.63, 3.8) is 0 Å². The molecule has 0 aliphatic carbocycles. The van der Waals surface area contributed by atoms with Gasteiger partial charge in [-0.25, -0.2) is 9.78 Å². The molecule has 2 aliphatic heterocycles. The van der Waals surface area contributed by atoms with Gasteiger partial charge in [0.05, 0.1) is 30.2 Å². The first-order chi connectivity index (χ1) is 12.2. The van der Waals surface area contributed by atoms with Crippen LogP contribution in [0, 0.1) is 11.8 Å². The predicted octanol–water partition coefficient (Wildman–Crippen LogP) is 2.58. The van der Waals surface area contributed by atoms with Crippen LogP contribution in [0.4, 0.5) is 16.2 Å². The van der Waals surface area contributed by atoms with Crippen molar-refractivity contribution in [3.05, 3.63) is 11.8 Å². The normalized spacial score (nSPS) is 25.4. The second-order valence-electron chi connectivity index (χ2n) is 8.44. The summed E-state index contributed by atoms with van der Waals surface area (Å²) in [5.74, 6) is 1.41. The molecule has 0 aromatic carbocycles. The summed E-state index contributed by atoms with van der Waals surface area (Å²) in [6.07, 6.45) is 2.10. The average Bonchev–Trinajstić information content (AvgIpc) is 2.98. The highest BCUT2D eigenvalue weighted by Gasteiger charge is 2.36. The summed E-state index contributed by atoms with van der Waals surface area (Å²) >= 11 is 0. The van der Waals surface area contributed by atoms with Gasteiger partial charge in [0.1, 0.15) is 5.60 Å². The minimum absolute atomic E-state index is 0.0147. The lowest BCUT2D eigenvalue weighted by atomic mass is 9.84. The van der Waals surface area contributed by atoms with Crippen molar-refractivity contribution in [1.82, 2.24) is 10.3 Å². The zero-order valence-electron chi connectivity index (χ0n) is 16.3. The molecule has 3 atom stereocenters. The predicted molar refractivity (Wildman–Crippen MR) is 102 cm³/mol. The Morgan fingerprint density at radius 3 is 2.81 bits per heavy atom. The average molecular weight is 362 g/mol. The number of alkyl carbamates (subject to hydrolysis) is 1. The van der Waals surface area contributed by atoms with E-state index in [0.717, 1.165) is 24.2 Å². The Hall–Kier alpha value is -2.18. The Balaban J connectivity index is 1.81. The summed E-state index contributed by atoms with van der Waals surface area (Å²) in [7, 11) is 0. The number of nitrogens with zero attached hydrogens (tertiary/aromatic N) is 2. The first-order valence-electron chi connectivity index (χ1n) is 9.30. The first kappa shape index (κ1) is 18.6. The number of amides is 1. The van der Waals surface area contributed by atoms with E-state index in [0.29, 0.717) is 36.6 Å². The van der Waals surface area contributed by atoms with Gasteiger partial charge in [0, 0.05) is 25.1 Å². The Kier molecular flexibility index (Phi) is 4.90. The number of ether oxygens (including phenoxy) is 2. The molecular weight excluding hydrogens is 332 g/mol. The van der Waals surface area contributed by atoms with E-state index in [4.69, 9.17) is 15.2 Å². The largest absolute Gasteiger partial charge is 0.477 e. The minimum atomic E-state index is -0.513. The van der Waals surface area contributed by atoms with Gasteiger partial charge in [0.15, 0.2) is 0 Å². The molecule has 1 amide bonds. The molecule has 0 spiro atoms. The molecule has 1 aromatic heterocycles. The maximum Gasteiger partial charge on any atom is 0.407 e. The third-order valence-corrected chi connectivity index (χ3v) is 5.21. The molecule has 2 aliphatic rings. The van der Waals surface area contributed by atoms with Crippen LogP contribution in [0.25, 0.3) is 0 Å². The van der Waals surface area contributed by atoms with Gasteiger partial charge in [-0.2, -0.15) is 0 Å². The van der Waals surface area contributed by atoms with Gasteiger partial charge < -0.3 is 25.4 Å². The molecule has 3 rings (SSSR count). The van der Waals surface area contributed by atoms with Crippen molar-refractivity contribution in [3.8, 4) is 5.88 Å². The van der Waals surface area contributed by atoms with Gasteiger partial charge in [0.25, 0.3) is 0 Å². The quantitative estimate of drug-likeness (QED) is 0.840. The van der Waals surface area contributed by atoms with E-state index >= 15 is 0 Å². The van der Waals surface area contributed by atoms with Crippen LogP contribution in [0.3, 0.4) is 0 Å². The molecule has 3 heterocycles. The number of anilines is 2. The molecule has 26 heavy (non-hydrogen) atoms. The van der Waals surface area contributed by atoms with E-state index < -0.39 is 5.60 Å². The van der Waals surface area contributed by atoms with Gasteiger partial charge in [0.2, 0.25) is 5.88 Å². The fraction of sp³-hybridized carbons (Fsp3) is 0.684. The van der Waals surface area contributed by atoms with Crippen LogP contribution in [-0.2, 0) is 11.2 Å². The van der Waals surface area contributed by atoms with Crippen molar-refractivity contribution < 1.29 is 14.3 Å². The lowest BCUT2D eigenvalue weighted by Crippen LogP contribution is -2.56. The maximum absolute atomic E-state index is 12.3. The Labute approximate surface area is 155 Å². The van der Waals surface area contributed by atoms with Crippen LogP contribution in [-0.4, -0.2) is 42.4 Å². The van der Waals surface area contributed by atoms with Crippen LogP contribution in [0.2, 0.25) is 0 Å². The number of pyridine rings is 1. The molecule has 0 bridgehead atoms. The van der Waals surface area contributed by atoms with E-state index in [2.05, 4.69) is 29.0 Å². The van der Waals surface area contributed by atoms with Crippen molar-refractivity contribution in [2.24, 2.45) is 11.8 Å². The smallest absolute Gasteiger partial charge is 0.407 e. The summed E-state index contributed by atoms with van der Waals surface area (Å²) in [5, 5.41) is 3.05. The third-order valence-electron chi connectivity index (χ3n) is 5.21. The van der Waals surface area contributed by atoms with Crippen LogP contribution >= 0.6 is 0 Å². The topological polar surface area (TPSA) is 89.7 Å². The van der Waals surface area contributed by atoms with E-state index in [1.807, 2.05) is 20.8 Å². The number of nitrogen functional groups attached to an aromatic ring is 1.